The van der Waals surface area contributed by atoms with Gasteiger partial charge in [-0.3, -0.25) is 14.2 Å². The Kier molecular flexibility index (Phi) is 35.2. The molecule has 0 rings (SSSR count). The summed E-state index contributed by atoms with van der Waals surface area (Å²) in [4.78, 5) is 37.5. The Bertz CT molecular complexity index is 1070. The first-order chi connectivity index (χ1) is 26.0. The highest BCUT2D eigenvalue weighted by atomic mass is 31.2. The molecule has 10 heteroatoms. The van der Waals surface area contributed by atoms with Crippen molar-refractivity contribution in [2.45, 2.75) is 174 Å². The van der Waals surface area contributed by atoms with Crippen LogP contribution in [0.2, 0.25) is 0 Å². The number of likely N-dealkylation sites (N-methyl/N-ethyl adjacent to an activating group) is 1. The number of esters is 2. The van der Waals surface area contributed by atoms with E-state index in [9.17, 15) is 19.0 Å². The second-order valence-corrected chi connectivity index (χ2v) is 16.7. The number of nitrogens with zero attached hydrogens (tertiary/aromatic N) is 1. The van der Waals surface area contributed by atoms with E-state index < -0.39 is 32.5 Å². The van der Waals surface area contributed by atoms with Crippen LogP contribution in [0.5, 0.6) is 0 Å². The number of allylic oxidation sites excluding steroid dienone is 8. The van der Waals surface area contributed by atoms with Crippen molar-refractivity contribution >= 4 is 19.8 Å². The van der Waals surface area contributed by atoms with E-state index in [0.29, 0.717) is 23.9 Å². The van der Waals surface area contributed by atoms with Gasteiger partial charge in [-0.1, -0.05) is 133 Å². The first kappa shape index (κ1) is 52.0. The standard InChI is InChI=1S/C44H80NO8P/c1-6-8-10-12-14-16-18-20-22-24-26-28-30-32-34-36-43(46)50-40-42(41-52-54(48,49)51-39-38-45(3,4)5)53-44(47)37-35-33-31-29-27-25-23-21-19-17-15-13-11-9-7-2/h9,11,15,17,21,23-24,26,42H,6-8,10,12-14,16,18-20,22,25,27-41H2,1-5H3/b11-9+,17-15+,23-21+,26-24+/t42-/m1/s1. The van der Waals surface area contributed by atoms with E-state index >= 15 is 0 Å². The molecule has 0 aliphatic rings. The minimum absolute atomic E-state index is 0.0381. The zero-order valence-electron chi connectivity index (χ0n) is 35.2. The van der Waals surface area contributed by atoms with Gasteiger partial charge in [-0.25, -0.2) is 0 Å². The Morgan fingerprint density at radius 3 is 1.61 bits per heavy atom. The number of carbonyl (C=O) groups excluding carboxylic acids is 2. The van der Waals surface area contributed by atoms with Crippen molar-refractivity contribution in [3.63, 3.8) is 0 Å². The van der Waals surface area contributed by atoms with E-state index in [-0.39, 0.29) is 26.1 Å². The van der Waals surface area contributed by atoms with Gasteiger partial charge in [-0.05, 0) is 70.6 Å². The molecule has 0 aromatic carbocycles. The van der Waals surface area contributed by atoms with Crippen LogP contribution in [0.15, 0.2) is 48.6 Å². The fourth-order valence-corrected chi connectivity index (χ4v) is 6.21. The van der Waals surface area contributed by atoms with Gasteiger partial charge in [-0.2, -0.15) is 0 Å². The summed E-state index contributed by atoms with van der Waals surface area (Å²) in [5, 5.41) is 0. The zero-order valence-corrected chi connectivity index (χ0v) is 36.0. The highest BCUT2D eigenvalue weighted by Crippen LogP contribution is 2.38. The van der Waals surface area contributed by atoms with E-state index in [2.05, 4.69) is 62.5 Å². The number of carbonyl (C=O) groups is 2. The molecule has 314 valence electrons. The molecule has 1 unspecified atom stereocenters. The van der Waals surface area contributed by atoms with Crippen LogP contribution in [-0.4, -0.2) is 70.0 Å². The van der Waals surface area contributed by atoms with Crippen molar-refractivity contribution in [3.8, 4) is 0 Å². The van der Waals surface area contributed by atoms with Crippen molar-refractivity contribution in [3.05, 3.63) is 48.6 Å². The quantitative estimate of drug-likeness (QED) is 0.0200. The molecular weight excluding hydrogens is 701 g/mol. The molecule has 0 amide bonds. The van der Waals surface area contributed by atoms with Crippen LogP contribution in [0.3, 0.4) is 0 Å². The van der Waals surface area contributed by atoms with Gasteiger partial charge in [0, 0.05) is 12.8 Å². The summed E-state index contributed by atoms with van der Waals surface area (Å²) in [6, 6.07) is 0. The van der Waals surface area contributed by atoms with Crippen LogP contribution in [0.4, 0.5) is 0 Å². The molecule has 0 fully saturated rings. The van der Waals surface area contributed by atoms with Gasteiger partial charge < -0.3 is 27.9 Å². The molecular formula is C44H80NO8P. The average molecular weight is 782 g/mol. The zero-order chi connectivity index (χ0) is 40.0. The highest BCUT2D eigenvalue weighted by Gasteiger charge is 2.21. The average Bonchev–Trinajstić information content (AvgIpc) is 3.12. The molecule has 9 nitrogen and oxygen atoms in total. The molecule has 0 saturated carbocycles. The van der Waals surface area contributed by atoms with Gasteiger partial charge in [0.2, 0.25) is 0 Å². The Morgan fingerprint density at radius 2 is 1.06 bits per heavy atom. The molecule has 0 radical (unpaired) electrons. The van der Waals surface area contributed by atoms with E-state index in [4.69, 9.17) is 18.5 Å². The normalized spacial score (nSPS) is 14.1. The minimum atomic E-state index is -4.63. The van der Waals surface area contributed by atoms with E-state index in [1.54, 1.807) is 0 Å². The second kappa shape index (κ2) is 36.6. The summed E-state index contributed by atoms with van der Waals surface area (Å²) in [6.07, 6.45) is 41.4. The summed E-state index contributed by atoms with van der Waals surface area (Å²) < 4.78 is 33.8. The Morgan fingerprint density at radius 1 is 0.593 bits per heavy atom. The molecule has 0 spiro atoms. The Balaban J connectivity index is 4.43. The van der Waals surface area contributed by atoms with Crippen LogP contribution < -0.4 is 4.89 Å². The molecule has 0 aliphatic carbocycles. The number of phosphoric acid groups is 1. The van der Waals surface area contributed by atoms with E-state index in [1.807, 2.05) is 21.1 Å². The first-order valence-corrected chi connectivity index (χ1v) is 22.8. The number of hydrogen-bond acceptors (Lipinski definition) is 8. The molecule has 0 aromatic rings. The van der Waals surface area contributed by atoms with Crippen molar-refractivity contribution in [1.82, 2.24) is 0 Å². The lowest BCUT2D eigenvalue weighted by Crippen LogP contribution is -2.37. The van der Waals surface area contributed by atoms with Crippen LogP contribution >= 0.6 is 7.82 Å². The van der Waals surface area contributed by atoms with Crippen molar-refractivity contribution in [1.29, 1.82) is 0 Å². The summed E-state index contributed by atoms with van der Waals surface area (Å²) >= 11 is 0. The second-order valence-electron chi connectivity index (χ2n) is 15.3. The van der Waals surface area contributed by atoms with Crippen molar-refractivity contribution in [2.75, 3.05) is 47.5 Å². The summed E-state index contributed by atoms with van der Waals surface area (Å²) in [5.41, 5.74) is 0. The molecule has 54 heavy (non-hydrogen) atoms. The molecule has 0 heterocycles. The van der Waals surface area contributed by atoms with Gasteiger partial charge in [0.15, 0.2) is 6.10 Å². The number of unbranched alkanes of at least 4 members (excludes halogenated alkanes) is 16. The van der Waals surface area contributed by atoms with Gasteiger partial charge in [0.1, 0.15) is 19.8 Å². The molecule has 0 aromatic heterocycles. The van der Waals surface area contributed by atoms with E-state index in [0.717, 1.165) is 77.0 Å². The van der Waals surface area contributed by atoms with E-state index in [1.165, 1.54) is 51.4 Å². The van der Waals surface area contributed by atoms with Gasteiger partial charge in [-0.15, -0.1) is 0 Å². The summed E-state index contributed by atoms with van der Waals surface area (Å²) in [5.74, 6) is -0.875. The number of rotatable bonds is 38. The lowest BCUT2D eigenvalue weighted by molar-refractivity contribution is -0.870. The maximum atomic E-state index is 12.6. The third kappa shape index (κ3) is 39.7. The van der Waals surface area contributed by atoms with Gasteiger partial charge in [0.25, 0.3) is 7.82 Å². The summed E-state index contributed by atoms with van der Waals surface area (Å²) in [7, 11) is 1.14. The topological polar surface area (TPSA) is 111 Å². The Hall–Kier alpha value is -2.03. The van der Waals surface area contributed by atoms with Crippen molar-refractivity contribution < 1.29 is 42.1 Å². The molecule has 0 bridgehead atoms. The molecule has 0 N–H and O–H groups in total. The third-order valence-electron chi connectivity index (χ3n) is 8.83. The van der Waals surface area contributed by atoms with Crippen LogP contribution in [0.1, 0.15) is 168 Å². The predicted molar refractivity (Wildman–Crippen MR) is 222 cm³/mol. The van der Waals surface area contributed by atoms with Crippen LogP contribution in [0.25, 0.3) is 0 Å². The van der Waals surface area contributed by atoms with Gasteiger partial charge in [0.05, 0.1) is 27.7 Å². The fourth-order valence-electron chi connectivity index (χ4n) is 5.49. The number of quaternary nitrogens is 1. The fraction of sp³-hybridized carbons (Fsp3) is 0.773. The number of phosphoric ester groups is 1. The predicted octanol–water partition coefficient (Wildman–Crippen LogP) is 11.3. The largest absolute Gasteiger partial charge is 0.756 e. The van der Waals surface area contributed by atoms with Crippen LogP contribution in [0, 0.1) is 0 Å². The Labute approximate surface area is 331 Å². The number of hydrogen-bond donors (Lipinski definition) is 0. The monoisotopic (exact) mass is 782 g/mol. The van der Waals surface area contributed by atoms with Gasteiger partial charge >= 0.3 is 11.9 Å². The lowest BCUT2D eigenvalue weighted by atomic mass is 10.1. The third-order valence-corrected chi connectivity index (χ3v) is 9.80. The van der Waals surface area contributed by atoms with Crippen LogP contribution in [-0.2, 0) is 32.7 Å². The first-order valence-electron chi connectivity index (χ1n) is 21.3. The van der Waals surface area contributed by atoms with Crippen molar-refractivity contribution in [2.24, 2.45) is 0 Å². The highest BCUT2D eigenvalue weighted by molar-refractivity contribution is 7.45. The summed E-state index contributed by atoms with van der Waals surface area (Å²) in [6.45, 7) is 4.06. The minimum Gasteiger partial charge on any atom is -0.756 e. The molecule has 0 saturated heterocycles. The number of ether oxygens (including phenoxy) is 2. The lowest BCUT2D eigenvalue weighted by Gasteiger charge is -2.28. The molecule has 2 atom stereocenters. The maximum Gasteiger partial charge on any atom is 0.306 e. The SMILES string of the molecule is CC/C=C/C/C=C/C/C=C/CCCCCCCC(=O)O[C@H](COC(=O)CCCCC/C=C/CCCCCCCCCC)COP(=O)([O-])OCC[N+](C)(C)C. The maximum absolute atomic E-state index is 12.6. The molecule has 0 aliphatic heterocycles. The smallest absolute Gasteiger partial charge is 0.306 e.